The van der Waals surface area contributed by atoms with Crippen molar-refractivity contribution < 1.29 is 28.8 Å². The van der Waals surface area contributed by atoms with Gasteiger partial charge in [-0.25, -0.2) is 0 Å². The maximum absolute atomic E-state index is 11.6. The first-order valence-electron chi connectivity index (χ1n) is 5.98. The largest absolute Gasteiger partial charge is 1.00 e. The number of carboxylic acids is 1. The van der Waals surface area contributed by atoms with E-state index in [0.717, 1.165) is 35.0 Å². The Hall–Kier alpha value is -0.303. The Bertz CT molecular complexity index is 490. The number of nitrogens with zero attached hydrogens (tertiary/aromatic N) is 1. The second-order valence-corrected chi connectivity index (χ2v) is 6.09. The van der Waals surface area contributed by atoms with Gasteiger partial charge in [0.05, 0.1) is 17.1 Å². The summed E-state index contributed by atoms with van der Waals surface area (Å²) >= 11 is 3.38. The molecule has 1 aromatic heterocycles. The van der Waals surface area contributed by atoms with Crippen LogP contribution >= 0.6 is 15.9 Å². The van der Waals surface area contributed by atoms with Crippen LogP contribution in [0, 0.1) is 5.92 Å². The van der Waals surface area contributed by atoms with Gasteiger partial charge in [-0.2, -0.15) is 0 Å². The first-order chi connectivity index (χ1) is 8.12. The number of hydrogen-bond donors (Lipinski definition) is 0. The molecule has 18 heavy (non-hydrogen) atoms. The number of fused-ring (bicyclic) bond motifs is 1. The zero-order valence-electron chi connectivity index (χ0n) is 10.4. The van der Waals surface area contributed by atoms with Crippen molar-refractivity contribution in [3.8, 4) is 0 Å². The van der Waals surface area contributed by atoms with E-state index in [1.807, 2.05) is 6.07 Å². The number of rotatable bonds is 3. The van der Waals surface area contributed by atoms with Crippen LogP contribution < -0.4 is 24.0 Å². The Labute approximate surface area is 127 Å². The van der Waals surface area contributed by atoms with Gasteiger partial charge in [-0.15, -0.1) is 0 Å². The standard InChI is InChI=1S/C13H14BrNO2.Li/c14-10-5-9-3-4-13(12(16)17,6-8-1-2-8)11(9)15-7-10;/h5,7-8H,1-4,6H2,(H,16,17);/q;+1/p-1. The van der Waals surface area contributed by atoms with E-state index in [1.54, 1.807) is 6.20 Å². The average molecular weight is 302 g/mol. The second-order valence-electron chi connectivity index (χ2n) is 5.18. The molecule has 1 unspecified atom stereocenters. The maximum atomic E-state index is 11.6. The SMILES string of the molecule is O=C([O-])C1(CC2CC2)CCc2cc(Br)cnc21.[Li+]. The van der Waals surface area contributed by atoms with Crippen LogP contribution in [0.2, 0.25) is 0 Å². The number of carboxylic acid groups (broad SMARTS) is 1. The molecule has 0 amide bonds. The molecule has 0 radical (unpaired) electrons. The Morgan fingerprint density at radius 3 is 2.89 bits per heavy atom. The van der Waals surface area contributed by atoms with Crippen molar-refractivity contribution in [2.45, 2.75) is 37.5 Å². The molecule has 2 aliphatic carbocycles. The molecule has 0 bridgehead atoms. The molecule has 90 valence electrons. The second kappa shape index (κ2) is 5.00. The van der Waals surface area contributed by atoms with Crippen LogP contribution in [0.15, 0.2) is 16.7 Å². The molecule has 1 atom stereocenters. The molecule has 3 nitrogen and oxygen atoms in total. The molecule has 0 N–H and O–H groups in total. The summed E-state index contributed by atoms with van der Waals surface area (Å²) in [6.07, 6.45) is 6.14. The molecular formula is C13H13BrLiNO2. The van der Waals surface area contributed by atoms with E-state index >= 15 is 0 Å². The fourth-order valence-corrected chi connectivity index (χ4v) is 3.24. The number of aryl methyl sites for hydroxylation is 1. The number of halogens is 1. The van der Waals surface area contributed by atoms with Crippen LogP contribution in [0.5, 0.6) is 0 Å². The van der Waals surface area contributed by atoms with Crippen LogP contribution in [-0.2, 0) is 16.6 Å². The van der Waals surface area contributed by atoms with Gasteiger partial charge in [0, 0.05) is 10.7 Å². The molecule has 0 saturated heterocycles. The zero-order valence-corrected chi connectivity index (χ0v) is 12.0. The minimum Gasteiger partial charge on any atom is -0.549 e. The van der Waals surface area contributed by atoms with Crippen molar-refractivity contribution in [2.75, 3.05) is 0 Å². The summed E-state index contributed by atoms with van der Waals surface area (Å²) in [6, 6.07) is 1.99. The Morgan fingerprint density at radius 2 is 2.28 bits per heavy atom. The number of aliphatic carboxylic acids is 1. The summed E-state index contributed by atoms with van der Waals surface area (Å²) in [5, 5.41) is 11.6. The summed E-state index contributed by atoms with van der Waals surface area (Å²) < 4.78 is 0.914. The van der Waals surface area contributed by atoms with E-state index in [2.05, 4.69) is 20.9 Å². The van der Waals surface area contributed by atoms with Gasteiger partial charge in [0.2, 0.25) is 0 Å². The quantitative estimate of drug-likeness (QED) is 0.644. The normalized spacial score (nSPS) is 25.4. The molecule has 3 rings (SSSR count). The minimum absolute atomic E-state index is 0. The molecule has 5 heteroatoms. The van der Waals surface area contributed by atoms with E-state index in [-0.39, 0.29) is 18.9 Å². The van der Waals surface area contributed by atoms with Crippen LogP contribution in [0.25, 0.3) is 0 Å². The molecule has 1 aromatic rings. The third-order valence-corrected chi connectivity index (χ3v) is 4.37. The summed E-state index contributed by atoms with van der Waals surface area (Å²) in [6.45, 7) is 0. The molecule has 0 spiro atoms. The van der Waals surface area contributed by atoms with Gasteiger partial charge < -0.3 is 9.90 Å². The van der Waals surface area contributed by atoms with Crippen LogP contribution in [0.4, 0.5) is 0 Å². The van der Waals surface area contributed by atoms with Crippen LogP contribution in [0.1, 0.15) is 36.9 Å². The fraction of sp³-hybridized carbons (Fsp3) is 0.538. The molecule has 0 aromatic carbocycles. The van der Waals surface area contributed by atoms with E-state index in [9.17, 15) is 9.90 Å². The predicted molar refractivity (Wildman–Crippen MR) is 64.3 cm³/mol. The third-order valence-electron chi connectivity index (χ3n) is 3.93. The van der Waals surface area contributed by atoms with Crippen LogP contribution in [-0.4, -0.2) is 11.0 Å². The number of carbonyl (C=O) groups is 1. The van der Waals surface area contributed by atoms with Crippen molar-refractivity contribution in [2.24, 2.45) is 5.92 Å². The van der Waals surface area contributed by atoms with Crippen molar-refractivity contribution in [1.82, 2.24) is 4.98 Å². The fourth-order valence-electron chi connectivity index (χ4n) is 2.86. The number of carbonyl (C=O) groups excluding carboxylic acids is 1. The van der Waals surface area contributed by atoms with Crippen molar-refractivity contribution >= 4 is 21.9 Å². The van der Waals surface area contributed by atoms with Crippen molar-refractivity contribution in [1.29, 1.82) is 0 Å². The molecule has 2 aliphatic rings. The van der Waals surface area contributed by atoms with Crippen molar-refractivity contribution in [3.63, 3.8) is 0 Å². The van der Waals surface area contributed by atoms with Crippen molar-refractivity contribution in [3.05, 3.63) is 28.0 Å². The average Bonchev–Trinajstić information content (AvgIpc) is 3.01. The van der Waals surface area contributed by atoms with E-state index in [0.29, 0.717) is 18.8 Å². The molecule has 1 heterocycles. The van der Waals surface area contributed by atoms with E-state index in [4.69, 9.17) is 0 Å². The smallest absolute Gasteiger partial charge is 0.549 e. The van der Waals surface area contributed by atoms with Gasteiger partial charge in [0.1, 0.15) is 0 Å². The number of aromatic nitrogens is 1. The van der Waals surface area contributed by atoms with Gasteiger partial charge >= 0.3 is 18.9 Å². The molecule has 1 saturated carbocycles. The van der Waals surface area contributed by atoms with E-state index < -0.39 is 11.4 Å². The Morgan fingerprint density at radius 1 is 1.56 bits per heavy atom. The summed E-state index contributed by atoms with van der Waals surface area (Å²) in [5.41, 5.74) is 0.980. The summed E-state index contributed by atoms with van der Waals surface area (Å²) in [5.74, 6) is -0.387. The number of pyridine rings is 1. The van der Waals surface area contributed by atoms with Gasteiger partial charge in [-0.1, -0.05) is 12.8 Å². The predicted octanol–water partition coefficient (Wildman–Crippen LogP) is -1.42. The van der Waals surface area contributed by atoms with Gasteiger partial charge in [-0.3, -0.25) is 4.98 Å². The van der Waals surface area contributed by atoms with Gasteiger partial charge in [0.25, 0.3) is 0 Å². The molecule has 1 fully saturated rings. The topological polar surface area (TPSA) is 53.0 Å². The van der Waals surface area contributed by atoms with E-state index in [1.165, 1.54) is 0 Å². The van der Waals surface area contributed by atoms with Gasteiger partial charge in [-0.05, 0) is 52.7 Å². The first kappa shape index (κ1) is 14.1. The molecular weight excluding hydrogens is 289 g/mol. The Balaban J connectivity index is 0.00000120. The minimum atomic E-state index is -0.946. The monoisotopic (exact) mass is 301 g/mol. The zero-order chi connectivity index (χ0) is 12.0. The van der Waals surface area contributed by atoms with Gasteiger partial charge in [0.15, 0.2) is 0 Å². The first-order valence-corrected chi connectivity index (χ1v) is 6.77. The third kappa shape index (κ3) is 2.26. The maximum Gasteiger partial charge on any atom is 1.00 e. The Kier molecular flexibility index (Phi) is 3.92. The number of hydrogen-bond acceptors (Lipinski definition) is 3. The summed E-state index contributed by atoms with van der Waals surface area (Å²) in [7, 11) is 0. The molecule has 0 aliphatic heterocycles. The van der Waals surface area contributed by atoms with Crippen LogP contribution in [0.3, 0.4) is 0 Å². The summed E-state index contributed by atoms with van der Waals surface area (Å²) in [4.78, 5) is 15.9.